The minimum absolute atomic E-state index is 0.0300. The molecule has 6 nitrogen and oxygen atoms in total. The zero-order chi connectivity index (χ0) is 20.0. The summed E-state index contributed by atoms with van der Waals surface area (Å²) in [6, 6.07) is 10.9. The highest BCUT2D eigenvalue weighted by Crippen LogP contribution is 2.30. The summed E-state index contributed by atoms with van der Waals surface area (Å²) in [5, 5.41) is 17.1. The lowest BCUT2D eigenvalue weighted by molar-refractivity contribution is 0.596. The Hall–Kier alpha value is -3.80. The smallest absolute Gasteiger partial charge is 0.135 e. The van der Waals surface area contributed by atoms with Crippen LogP contribution in [0.1, 0.15) is 33.8 Å². The normalized spacial score (nSPS) is 11.6. The topological polar surface area (TPSA) is 126 Å². The molecule has 2 aromatic heterocycles. The largest absolute Gasteiger partial charge is 0.456 e. The lowest BCUT2D eigenvalue weighted by Crippen LogP contribution is -2.10. The fourth-order valence-corrected chi connectivity index (χ4v) is 3.28. The molecule has 4 rings (SSSR count). The van der Waals surface area contributed by atoms with E-state index in [2.05, 4.69) is 0 Å². The van der Waals surface area contributed by atoms with E-state index in [-0.39, 0.29) is 11.7 Å². The Morgan fingerprint density at radius 2 is 1.14 bits per heavy atom. The third-order valence-electron chi connectivity index (χ3n) is 4.95. The molecule has 0 radical (unpaired) electrons. The lowest BCUT2D eigenvalue weighted by atomic mass is 10.1. The van der Waals surface area contributed by atoms with Gasteiger partial charge < -0.3 is 20.3 Å². The molecule has 4 aromatic rings. The van der Waals surface area contributed by atoms with Crippen molar-refractivity contribution in [2.24, 2.45) is 11.5 Å². The van der Waals surface area contributed by atoms with Crippen LogP contribution in [0.5, 0.6) is 0 Å². The number of hydrogen-bond acceptors (Lipinski definition) is 4. The molecule has 28 heavy (non-hydrogen) atoms. The van der Waals surface area contributed by atoms with Gasteiger partial charge in [0.15, 0.2) is 0 Å². The summed E-state index contributed by atoms with van der Waals surface area (Å²) in [6.07, 6.45) is 3.75. The molecule has 0 amide bonds. The number of benzene rings is 2. The lowest BCUT2D eigenvalue weighted by Gasteiger charge is -1.97. The summed E-state index contributed by atoms with van der Waals surface area (Å²) in [7, 11) is 0. The number of nitrogen functional groups attached to an aromatic ring is 2. The predicted octanol–water partition coefficient (Wildman–Crippen LogP) is 4.53. The van der Waals surface area contributed by atoms with Crippen molar-refractivity contribution in [1.82, 2.24) is 0 Å². The van der Waals surface area contributed by atoms with Crippen molar-refractivity contribution in [3.05, 3.63) is 70.2 Å². The number of hydrogen-bond donors (Lipinski definition) is 4. The summed E-state index contributed by atoms with van der Waals surface area (Å²) in [4.78, 5) is 0. The van der Waals surface area contributed by atoms with Gasteiger partial charge in [-0.25, -0.2) is 0 Å². The zero-order valence-corrected chi connectivity index (χ0v) is 15.6. The van der Waals surface area contributed by atoms with Gasteiger partial charge in [-0.05, 0) is 62.4 Å². The predicted molar refractivity (Wildman–Crippen MR) is 113 cm³/mol. The fraction of sp³-hybridized carbons (Fsp3) is 0.0909. The maximum absolute atomic E-state index is 7.60. The van der Waals surface area contributed by atoms with Crippen LogP contribution in [-0.4, -0.2) is 11.7 Å². The van der Waals surface area contributed by atoms with Crippen molar-refractivity contribution in [2.75, 3.05) is 0 Å². The average Bonchev–Trinajstić information content (AvgIpc) is 3.16. The molecule has 0 aliphatic carbocycles. The van der Waals surface area contributed by atoms with Crippen molar-refractivity contribution >= 4 is 45.8 Å². The molecular weight excluding hydrogens is 352 g/mol. The van der Waals surface area contributed by atoms with Gasteiger partial charge in [0.2, 0.25) is 0 Å². The van der Waals surface area contributed by atoms with Crippen LogP contribution in [0.4, 0.5) is 0 Å². The Morgan fingerprint density at radius 3 is 1.50 bits per heavy atom. The molecule has 2 aromatic carbocycles. The standard InChI is InChI=1S/C22H20N4O2/c1-11-15-9-13(21(23)24)3-5-19(15)27-17(11)7-8-18-12(2)16-10-14(22(25)26)4-6-20(16)28-18/h3-10H,1-2H3,(H3,23,24)(H3,25,26). The van der Waals surface area contributed by atoms with E-state index in [0.29, 0.717) is 11.1 Å². The number of aryl methyl sites for hydroxylation is 2. The third-order valence-corrected chi connectivity index (χ3v) is 4.95. The Bertz CT molecular complexity index is 1190. The first kappa shape index (κ1) is 17.6. The molecule has 6 heteroatoms. The fourth-order valence-electron chi connectivity index (χ4n) is 3.28. The highest BCUT2D eigenvalue weighted by atomic mass is 16.3. The SMILES string of the molecule is Cc1c(C=Cc2oc3ccc(C(=N)N)cc3c2C)oc2ccc(C(=N)N)cc12. The van der Waals surface area contributed by atoms with Crippen LogP contribution < -0.4 is 11.5 Å². The summed E-state index contributed by atoms with van der Waals surface area (Å²) in [6.45, 7) is 3.94. The van der Waals surface area contributed by atoms with E-state index in [1.807, 2.05) is 50.3 Å². The van der Waals surface area contributed by atoms with Crippen molar-refractivity contribution in [3.63, 3.8) is 0 Å². The maximum atomic E-state index is 7.60. The van der Waals surface area contributed by atoms with E-state index in [9.17, 15) is 0 Å². The molecule has 0 fully saturated rings. The molecule has 6 N–H and O–H groups in total. The molecule has 0 atom stereocenters. The molecular formula is C22H20N4O2. The minimum atomic E-state index is 0.0300. The van der Waals surface area contributed by atoms with Gasteiger partial charge in [0, 0.05) is 33.0 Å². The van der Waals surface area contributed by atoms with Crippen LogP contribution in [0.3, 0.4) is 0 Å². The number of furan rings is 2. The number of amidine groups is 2. The van der Waals surface area contributed by atoms with Crippen molar-refractivity contribution in [1.29, 1.82) is 10.8 Å². The molecule has 0 saturated carbocycles. The Balaban J connectivity index is 1.74. The average molecular weight is 372 g/mol. The van der Waals surface area contributed by atoms with Gasteiger partial charge in [0.05, 0.1) is 0 Å². The molecule has 0 saturated heterocycles. The van der Waals surface area contributed by atoms with E-state index in [0.717, 1.165) is 44.6 Å². The zero-order valence-electron chi connectivity index (χ0n) is 15.6. The van der Waals surface area contributed by atoms with Gasteiger partial charge in [-0.1, -0.05) is 0 Å². The highest BCUT2D eigenvalue weighted by Gasteiger charge is 2.12. The third kappa shape index (κ3) is 2.85. The summed E-state index contributed by atoms with van der Waals surface area (Å²) in [5.41, 5.74) is 15.9. The van der Waals surface area contributed by atoms with E-state index < -0.39 is 0 Å². The maximum Gasteiger partial charge on any atom is 0.135 e. The molecule has 0 aliphatic heterocycles. The molecule has 0 bridgehead atoms. The molecule has 0 aliphatic rings. The van der Waals surface area contributed by atoms with Crippen LogP contribution in [-0.2, 0) is 0 Å². The van der Waals surface area contributed by atoms with Crippen molar-refractivity contribution in [2.45, 2.75) is 13.8 Å². The number of nitrogens with two attached hydrogens (primary N) is 2. The van der Waals surface area contributed by atoms with E-state index in [1.54, 1.807) is 12.1 Å². The second kappa shape index (κ2) is 6.42. The van der Waals surface area contributed by atoms with Crippen LogP contribution in [0.15, 0.2) is 45.2 Å². The molecule has 0 unspecified atom stereocenters. The Labute approximate surface area is 161 Å². The van der Waals surface area contributed by atoms with Crippen molar-refractivity contribution in [3.8, 4) is 0 Å². The first-order valence-electron chi connectivity index (χ1n) is 8.78. The second-order valence-corrected chi connectivity index (χ2v) is 6.77. The first-order chi connectivity index (χ1) is 13.3. The quantitative estimate of drug-likeness (QED) is 0.310. The number of rotatable bonds is 4. The number of fused-ring (bicyclic) bond motifs is 2. The van der Waals surface area contributed by atoms with Gasteiger partial charge in [0.1, 0.15) is 34.4 Å². The van der Waals surface area contributed by atoms with Gasteiger partial charge in [0.25, 0.3) is 0 Å². The second-order valence-electron chi connectivity index (χ2n) is 6.77. The van der Waals surface area contributed by atoms with Crippen LogP contribution in [0.2, 0.25) is 0 Å². The van der Waals surface area contributed by atoms with Gasteiger partial charge in [-0.3, -0.25) is 10.8 Å². The summed E-state index contributed by atoms with van der Waals surface area (Å²) in [5.74, 6) is 1.50. The van der Waals surface area contributed by atoms with E-state index in [4.69, 9.17) is 31.1 Å². The van der Waals surface area contributed by atoms with E-state index >= 15 is 0 Å². The summed E-state index contributed by atoms with van der Waals surface area (Å²) >= 11 is 0. The minimum Gasteiger partial charge on any atom is -0.456 e. The molecule has 2 heterocycles. The van der Waals surface area contributed by atoms with Gasteiger partial charge >= 0.3 is 0 Å². The molecule has 140 valence electrons. The Morgan fingerprint density at radius 1 is 0.750 bits per heavy atom. The monoisotopic (exact) mass is 372 g/mol. The van der Waals surface area contributed by atoms with Crippen LogP contribution in [0.25, 0.3) is 34.1 Å². The molecule has 0 spiro atoms. The van der Waals surface area contributed by atoms with Crippen LogP contribution in [0, 0.1) is 24.7 Å². The highest BCUT2D eigenvalue weighted by molar-refractivity contribution is 6.00. The van der Waals surface area contributed by atoms with E-state index in [1.165, 1.54) is 0 Å². The number of nitrogens with one attached hydrogen (secondary N) is 2. The summed E-state index contributed by atoms with van der Waals surface area (Å²) < 4.78 is 11.9. The Kier molecular flexibility index (Phi) is 4.04. The van der Waals surface area contributed by atoms with Gasteiger partial charge in [-0.2, -0.15) is 0 Å². The first-order valence-corrected chi connectivity index (χ1v) is 8.78. The van der Waals surface area contributed by atoms with Crippen LogP contribution >= 0.6 is 0 Å². The van der Waals surface area contributed by atoms with Crippen molar-refractivity contribution < 1.29 is 8.83 Å². The van der Waals surface area contributed by atoms with Gasteiger partial charge in [-0.15, -0.1) is 0 Å².